The number of ether oxygens (including phenoxy) is 3. The summed E-state index contributed by atoms with van der Waals surface area (Å²) in [5.41, 5.74) is 8.47. The molecule has 0 radical (unpaired) electrons. The Morgan fingerprint density at radius 2 is 2.17 bits per heavy atom. The van der Waals surface area contributed by atoms with Gasteiger partial charge in [0.25, 0.3) is 0 Å². The van der Waals surface area contributed by atoms with Crippen molar-refractivity contribution in [2.75, 3.05) is 18.5 Å². The van der Waals surface area contributed by atoms with Crippen molar-refractivity contribution in [1.82, 2.24) is 4.98 Å². The summed E-state index contributed by atoms with van der Waals surface area (Å²) in [6.07, 6.45) is 1.96. The molecule has 30 heavy (non-hydrogen) atoms. The first-order valence-corrected chi connectivity index (χ1v) is 10.4. The van der Waals surface area contributed by atoms with Gasteiger partial charge in [-0.05, 0) is 49.9 Å². The predicted octanol–water partition coefficient (Wildman–Crippen LogP) is 5.01. The fourth-order valence-corrected chi connectivity index (χ4v) is 3.85. The summed E-state index contributed by atoms with van der Waals surface area (Å²) in [6.45, 7) is 8.91. The quantitative estimate of drug-likeness (QED) is 0.637. The average Bonchev–Trinajstić information content (AvgIpc) is 2.66. The lowest BCUT2D eigenvalue weighted by molar-refractivity contribution is 0.168. The number of nitrogens with one attached hydrogen (secondary N) is 1. The molecule has 0 bridgehead atoms. The third kappa shape index (κ3) is 5.15. The van der Waals surface area contributed by atoms with Gasteiger partial charge in [-0.3, -0.25) is 5.32 Å². The molecule has 3 N–H and O–H groups in total. The first-order chi connectivity index (χ1) is 14.2. The molecule has 3 rings (SSSR count). The van der Waals surface area contributed by atoms with E-state index in [0.29, 0.717) is 41.5 Å². The number of nitrogens with two attached hydrogens (primary N) is 1. The van der Waals surface area contributed by atoms with Crippen molar-refractivity contribution in [3.05, 3.63) is 35.0 Å². The van der Waals surface area contributed by atoms with Crippen molar-refractivity contribution >= 4 is 23.5 Å². The number of fused-ring (bicyclic) bond motifs is 3. The number of nitrogens with zero attached hydrogens (tertiary/aromatic N) is 1. The Morgan fingerprint density at radius 3 is 2.87 bits per heavy atom. The van der Waals surface area contributed by atoms with Gasteiger partial charge in [0.1, 0.15) is 35.6 Å². The van der Waals surface area contributed by atoms with Crippen LogP contribution in [-0.2, 0) is 11.3 Å². The number of hydrogen-bond acceptors (Lipinski definition) is 6. The van der Waals surface area contributed by atoms with Gasteiger partial charge in [-0.1, -0.05) is 25.4 Å². The van der Waals surface area contributed by atoms with E-state index in [-0.39, 0.29) is 6.61 Å². The van der Waals surface area contributed by atoms with Crippen molar-refractivity contribution in [1.29, 1.82) is 0 Å². The van der Waals surface area contributed by atoms with Crippen molar-refractivity contribution in [2.45, 2.75) is 46.3 Å². The van der Waals surface area contributed by atoms with Crippen molar-refractivity contribution in [2.24, 2.45) is 11.7 Å². The Bertz CT molecular complexity index is 931. The van der Waals surface area contributed by atoms with E-state index in [9.17, 15) is 4.79 Å². The molecule has 0 aliphatic carbocycles. The number of carbonyl (C=O) groups is 1. The van der Waals surface area contributed by atoms with Crippen LogP contribution in [0, 0.1) is 5.92 Å². The van der Waals surface area contributed by atoms with Gasteiger partial charge in [-0.2, -0.15) is 0 Å². The van der Waals surface area contributed by atoms with Crippen LogP contribution in [0.1, 0.15) is 39.7 Å². The van der Waals surface area contributed by atoms with Gasteiger partial charge < -0.3 is 19.9 Å². The molecule has 0 saturated heterocycles. The molecule has 0 spiro atoms. The second-order valence-electron chi connectivity index (χ2n) is 8.16. The number of amides is 1. The molecule has 1 aliphatic rings. The topological polar surface area (TPSA) is 95.7 Å². The first kappa shape index (κ1) is 22.2. The normalized spacial score (nSPS) is 14.2. The Morgan fingerprint density at radius 1 is 1.40 bits per heavy atom. The van der Waals surface area contributed by atoms with Gasteiger partial charge in [0.2, 0.25) is 0 Å². The Labute approximate surface area is 181 Å². The zero-order valence-electron chi connectivity index (χ0n) is 17.8. The molecule has 8 heteroatoms. The first-order valence-electron chi connectivity index (χ1n) is 10.00. The Balaban J connectivity index is 1.84. The summed E-state index contributed by atoms with van der Waals surface area (Å²) in [6, 6.07) is 5.48. The van der Waals surface area contributed by atoms with Crippen LogP contribution in [0.25, 0.3) is 11.1 Å². The Hall–Kier alpha value is -2.51. The number of anilines is 1. The predicted molar refractivity (Wildman–Crippen MR) is 117 cm³/mol. The van der Waals surface area contributed by atoms with Gasteiger partial charge in [-0.25, -0.2) is 9.78 Å². The van der Waals surface area contributed by atoms with Crippen LogP contribution in [0.4, 0.5) is 10.6 Å². The zero-order chi connectivity index (χ0) is 21.9. The van der Waals surface area contributed by atoms with E-state index in [4.69, 9.17) is 31.5 Å². The highest BCUT2D eigenvalue weighted by Crippen LogP contribution is 2.46. The van der Waals surface area contributed by atoms with Crippen LogP contribution >= 0.6 is 11.6 Å². The van der Waals surface area contributed by atoms with Gasteiger partial charge >= 0.3 is 6.09 Å². The summed E-state index contributed by atoms with van der Waals surface area (Å²) in [5, 5.41) is 3.02. The molecule has 1 aromatic heterocycles. The molecular formula is C22H28ClN3O4. The van der Waals surface area contributed by atoms with E-state index < -0.39 is 11.6 Å². The van der Waals surface area contributed by atoms with Crippen LogP contribution in [0.5, 0.6) is 11.5 Å². The molecule has 2 heterocycles. The highest BCUT2D eigenvalue weighted by molar-refractivity contribution is 6.34. The minimum atomic E-state index is -0.551. The third-order valence-corrected chi connectivity index (χ3v) is 5.01. The summed E-state index contributed by atoms with van der Waals surface area (Å²) < 4.78 is 16.7. The molecule has 1 unspecified atom stereocenters. The number of rotatable bonds is 7. The largest absolute Gasteiger partial charge is 0.490 e. The second-order valence-corrected chi connectivity index (χ2v) is 8.53. The van der Waals surface area contributed by atoms with Crippen molar-refractivity contribution < 1.29 is 19.0 Å². The minimum Gasteiger partial charge on any atom is -0.490 e. The van der Waals surface area contributed by atoms with Gasteiger partial charge in [0.15, 0.2) is 0 Å². The molecule has 162 valence electrons. The van der Waals surface area contributed by atoms with Crippen LogP contribution in [0.15, 0.2) is 24.4 Å². The fraction of sp³-hybridized carbons (Fsp3) is 0.455. The van der Waals surface area contributed by atoms with E-state index in [2.05, 4.69) is 24.1 Å². The van der Waals surface area contributed by atoms with E-state index in [0.717, 1.165) is 23.1 Å². The third-order valence-electron chi connectivity index (χ3n) is 4.65. The van der Waals surface area contributed by atoms with E-state index >= 15 is 0 Å². The Kier molecular flexibility index (Phi) is 6.73. The summed E-state index contributed by atoms with van der Waals surface area (Å²) in [5.74, 6) is 1.92. The van der Waals surface area contributed by atoms with E-state index in [1.807, 2.05) is 19.1 Å². The summed E-state index contributed by atoms with van der Waals surface area (Å²) in [4.78, 5) is 15.9. The molecular weight excluding hydrogens is 406 g/mol. The number of benzene rings is 1. The molecule has 1 amide bonds. The minimum absolute atomic E-state index is 0.283. The SMILES string of the molecule is CCOC(=O)Nc1cc2c(cn1)COc1c-2ccc(OCC(C)(N)CC(C)C)c1Cl. The standard InChI is InChI=1S/C22H28ClN3O4/c1-5-28-21(27)26-18-8-16-14(10-25-18)11-29-20-15(16)6-7-17(19(20)23)30-12-22(4,24)9-13(2)3/h6-8,10,13H,5,9,11-12,24H2,1-4H3,(H,25,26,27). The highest BCUT2D eigenvalue weighted by atomic mass is 35.5. The van der Waals surface area contributed by atoms with Crippen LogP contribution in [0.3, 0.4) is 0 Å². The molecule has 2 aromatic rings. The molecule has 0 fully saturated rings. The zero-order valence-corrected chi connectivity index (χ0v) is 18.5. The highest BCUT2D eigenvalue weighted by Gasteiger charge is 2.25. The molecule has 0 saturated carbocycles. The number of carbonyl (C=O) groups excluding carboxylic acids is 1. The number of pyridine rings is 1. The second kappa shape index (κ2) is 9.10. The summed E-state index contributed by atoms with van der Waals surface area (Å²) >= 11 is 6.60. The lowest BCUT2D eigenvalue weighted by Gasteiger charge is -2.28. The average molecular weight is 434 g/mol. The van der Waals surface area contributed by atoms with Crippen molar-refractivity contribution in [3.63, 3.8) is 0 Å². The number of hydrogen-bond donors (Lipinski definition) is 2. The molecule has 1 aromatic carbocycles. The van der Waals surface area contributed by atoms with Crippen LogP contribution in [0.2, 0.25) is 5.02 Å². The summed E-state index contributed by atoms with van der Waals surface area (Å²) in [7, 11) is 0. The maximum atomic E-state index is 11.7. The molecule has 7 nitrogen and oxygen atoms in total. The monoisotopic (exact) mass is 433 g/mol. The molecule has 1 aliphatic heterocycles. The van der Waals surface area contributed by atoms with Gasteiger partial charge in [0.05, 0.1) is 6.61 Å². The lowest BCUT2D eigenvalue weighted by atomic mass is 9.93. The molecule has 1 atom stereocenters. The maximum absolute atomic E-state index is 11.7. The fourth-order valence-electron chi connectivity index (χ4n) is 3.58. The van der Waals surface area contributed by atoms with Crippen LogP contribution in [-0.4, -0.2) is 29.8 Å². The van der Waals surface area contributed by atoms with Gasteiger partial charge in [-0.15, -0.1) is 0 Å². The van der Waals surface area contributed by atoms with E-state index in [1.54, 1.807) is 19.2 Å². The maximum Gasteiger partial charge on any atom is 0.412 e. The van der Waals surface area contributed by atoms with Gasteiger partial charge in [0, 0.05) is 22.9 Å². The van der Waals surface area contributed by atoms with Crippen LogP contribution < -0.4 is 20.5 Å². The van der Waals surface area contributed by atoms with E-state index in [1.165, 1.54) is 0 Å². The van der Waals surface area contributed by atoms with Crippen molar-refractivity contribution in [3.8, 4) is 22.6 Å². The lowest BCUT2D eigenvalue weighted by Crippen LogP contribution is -2.43. The smallest absolute Gasteiger partial charge is 0.412 e. The number of aromatic nitrogens is 1. The number of halogens is 1.